The second-order valence-corrected chi connectivity index (χ2v) is 6.13. The smallest absolute Gasteiger partial charge is 0.330 e. The van der Waals surface area contributed by atoms with Crippen molar-refractivity contribution in [2.45, 2.75) is 51.4 Å². The van der Waals surface area contributed by atoms with Crippen molar-refractivity contribution >= 4 is 22.0 Å². The summed E-state index contributed by atoms with van der Waals surface area (Å²) in [5.41, 5.74) is -0.772. The fraction of sp³-hybridized carbons (Fsp3) is 0.625. The van der Waals surface area contributed by atoms with Crippen LogP contribution in [0.1, 0.15) is 38.5 Å². The average Bonchev–Trinajstić information content (AvgIpc) is 2.94. The molecule has 1 aliphatic rings. The van der Waals surface area contributed by atoms with Gasteiger partial charge in [0, 0.05) is 19.2 Å². The number of rotatable bonds is 8. The van der Waals surface area contributed by atoms with Gasteiger partial charge in [0.25, 0.3) is 5.56 Å². The number of ether oxygens (including phenoxy) is 3. The molecule has 140 valence electrons. The summed E-state index contributed by atoms with van der Waals surface area (Å²) >= 11 is 3.10. The third-order valence-corrected chi connectivity index (χ3v) is 4.15. The van der Waals surface area contributed by atoms with Crippen molar-refractivity contribution in [2.24, 2.45) is 0 Å². The van der Waals surface area contributed by atoms with Crippen LogP contribution in [0, 0.1) is 0 Å². The van der Waals surface area contributed by atoms with Gasteiger partial charge in [-0.15, -0.1) is 0 Å². The topological polar surface area (TPSA) is 103 Å². The van der Waals surface area contributed by atoms with Gasteiger partial charge in [0.15, 0.2) is 6.29 Å². The summed E-state index contributed by atoms with van der Waals surface area (Å²) in [7, 11) is 0. The molecule has 0 saturated carbocycles. The number of nitrogens with zero attached hydrogens (tertiary/aromatic N) is 1. The van der Waals surface area contributed by atoms with E-state index in [0.29, 0.717) is 18.6 Å². The molecule has 1 saturated heterocycles. The van der Waals surface area contributed by atoms with Gasteiger partial charge in [0.2, 0.25) is 0 Å². The first kappa shape index (κ1) is 20.1. The van der Waals surface area contributed by atoms with E-state index in [1.54, 1.807) is 0 Å². The predicted octanol–water partition coefficient (Wildman–Crippen LogP) is 1.34. The van der Waals surface area contributed by atoms with Gasteiger partial charge >= 0.3 is 5.69 Å². The molecule has 0 amide bonds. The van der Waals surface area contributed by atoms with Crippen LogP contribution in [0.2, 0.25) is 0 Å². The molecular weight excluding hydrogens is 396 g/mol. The minimum atomic E-state index is -0.780. The lowest BCUT2D eigenvalue weighted by Gasteiger charge is -2.20. The van der Waals surface area contributed by atoms with E-state index in [9.17, 15) is 14.7 Å². The van der Waals surface area contributed by atoms with Crippen LogP contribution in [-0.4, -0.2) is 46.4 Å². The molecule has 1 aromatic heterocycles. The van der Waals surface area contributed by atoms with E-state index < -0.39 is 29.7 Å². The zero-order valence-electron chi connectivity index (χ0n) is 14.2. The monoisotopic (exact) mass is 418 g/mol. The SMILES string of the molecule is CCOC(CC)OC[C@H]1O[C@@H](n2cc(C=CBr)c(=O)[nH]c2=O)C[C@@H]1O. The second kappa shape index (κ2) is 9.44. The quantitative estimate of drug-likeness (QED) is 0.617. The molecule has 1 aliphatic heterocycles. The zero-order valence-corrected chi connectivity index (χ0v) is 15.8. The number of halogens is 1. The number of aromatic amines is 1. The molecule has 0 bridgehead atoms. The van der Waals surface area contributed by atoms with Crippen LogP contribution in [0.3, 0.4) is 0 Å². The number of aliphatic hydroxyl groups is 1. The summed E-state index contributed by atoms with van der Waals surface area (Å²) in [6.45, 7) is 4.51. The summed E-state index contributed by atoms with van der Waals surface area (Å²) < 4.78 is 18.1. The second-order valence-electron chi connectivity index (χ2n) is 5.60. The van der Waals surface area contributed by atoms with E-state index in [1.807, 2.05) is 13.8 Å². The molecule has 0 radical (unpaired) electrons. The Balaban J connectivity index is 2.09. The van der Waals surface area contributed by atoms with E-state index in [2.05, 4.69) is 20.9 Å². The van der Waals surface area contributed by atoms with Crippen LogP contribution in [0.25, 0.3) is 6.08 Å². The Kier molecular flexibility index (Phi) is 7.57. The van der Waals surface area contributed by atoms with Gasteiger partial charge in [0.1, 0.15) is 12.3 Å². The molecule has 0 aromatic carbocycles. The van der Waals surface area contributed by atoms with Crippen molar-refractivity contribution in [3.63, 3.8) is 0 Å². The van der Waals surface area contributed by atoms with Gasteiger partial charge in [-0.25, -0.2) is 4.79 Å². The van der Waals surface area contributed by atoms with Crippen LogP contribution in [-0.2, 0) is 14.2 Å². The summed E-state index contributed by atoms with van der Waals surface area (Å²) in [6, 6.07) is 0. The maximum Gasteiger partial charge on any atom is 0.330 e. The van der Waals surface area contributed by atoms with Crippen LogP contribution in [0.15, 0.2) is 20.8 Å². The Morgan fingerprint density at radius 2 is 2.24 bits per heavy atom. The molecule has 1 aromatic rings. The number of H-pyrrole nitrogens is 1. The largest absolute Gasteiger partial charge is 0.390 e. The van der Waals surface area contributed by atoms with E-state index in [1.165, 1.54) is 21.8 Å². The molecule has 25 heavy (non-hydrogen) atoms. The van der Waals surface area contributed by atoms with E-state index >= 15 is 0 Å². The molecule has 0 aliphatic carbocycles. The fourth-order valence-electron chi connectivity index (χ4n) is 2.61. The molecule has 1 unspecified atom stereocenters. The molecule has 2 N–H and O–H groups in total. The highest BCUT2D eigenvalue weighted by Gasteiger charge is 2.36. The summed E-state index contributed by atoms with van der Waals surface area (Å²) in [4.78, 5) is 27.5. The normalized spacial score (nSPS) is 24.9. The standard InChI is InChI=1S/C16H23BrN2O6/c1-3-14(23-4-2)24-9-12-11(20)7-13(25-12)19-8-10(5-6-17)15(21)18-16(19)22/h5-6,8,11-14,20H,3-4,7,9H2,1-2H3,(H,18,21,22)/t11-,12+,13+,14?/m0/s1. The van der Waals surface area contributed by atoms with Crippen molar-refractivity contribution in [1.82, 2.24) is 9.55 Å². The maximum absolute atomic E-state index is 12.1. The minimum absolute atomic E-state index is 0.155. The Labute approximate surface area is 153 Å². The van der Waals surface area contributed by atoms with Crippen molar-refractivity contribution in [1.29, 1.82) is 0 Å². The molecule has 9 heteroatoms. The van der Waals surface area contributed by atoms with Crippen LogP contribution in [0.5, 0.6) is 0 Å². The first-order chi connectivity index (χ1) is 12.0. The molecule has 2 rings (SSSR count). The Morgan fingerprint density at radius 3 is 2.88 bits per heavy atom. The lowest BCUT2D eigenvalue weighted by Crippen LogP contribution is -2.33. The minimum Gasteiger partial charge on any atom is -0.390 e. The van der Waals surface area contributed by atoms with Gasteiger partial charge < -0.3 is 19.3 Å². The highest BCUT2D eigenvalue weighted by Crippen LogP contribution is 2.28. The van der Waals surface area contributed by atoms with Crippen molar-refractivity contribution in [3.05, 3.63) is 37.6 Å². The maximum atomic E-state index is 12.1. The Bertz CT molecular complexity index is 701. The molecule has 1 fully saturated rings. The number of nitrogens with one attached hydrogen (secondary N) is 1. The van der Waals surface area contributed by atoms with Crippen LogP contribution < -0.4 is 11.2 Å². The number of hydrogen-bond donors (Lipinski definition) is 2. The molecule has 8 nitrogen and oxygen atoms in total. The predicted molar refractivity (Wildman–Crippen MR) is 95.5 cm³/mol. The summed E-state index contributed by atoms with van der Waals surface area (Å²) in [6.07, 6.45) is 1.45. The van der Waals surface area contributed by atoms with Crippen molar-refractivity contribution < 1.29 is 19.3 Å². The van der Waals surface area contributed by atoms with Gasteiger partial charge in [-0.1, -0.05) is 22.9 Å². The third kappa shape index (κ3) is 5.11. The highest BCUT2D eigenvalue weighted by atomic mass is 79.9. The molecular formula is C16H23BrN2O6. The fourth-order valence-corrected chi connectivity index (χ4v) is 2.89. The first-order valence-electron chi connectivity index (χ1n) is 8.19. The number of aromatic nitrogens is 2. The third-order valence-electron chi connectivity index (χ3n) is 3.88. The molecule has 4 atom stereocenters. The van der Waals surface area contributed by atoms with Crippen LogP contribution in [0.4, 0.5) is 0 Å². The van der Waals surface area contributed by atoms with Crippen molar-refractivity contribution in [3.8, 4) is 0 Å². The van der Waals surface area contributed by atoms with Gasteiger partial charge in [-0.2, -0.15) is 0 Å². The van der Waals surface area contributed by atoms with Gasteiger partial charge in [-0.05, 0) is 24.4 Å². The lowest BCUT2D eigenvalue weighted by molar-refractivity contribution is -0.169. The van der Waals surface area contributed by atoms with E-state index in [4.69, 9.17) is 14.2 Å². The Hall–Kier alpha value is -1.26. The summed E-state index contributed by atoms with van der Waals surface area (Å²) in [5, 5.41) is 10.2. The van der Waals surface area contributed by atoms with Gasteiger partial charge in [0.05, 0.1) is 18.3 Å². The van der Waals surface area contributed by atoms with Crippen molar-refractivity contribution in [2.75, 3.05) is 13.2 Å². The number of aliphatic hydroxyl groups excluding tert-OH is 1. The van der Waals surface area contributed by atoms with E-state index in [-0.39, 0.29) is 19.3 Å². The molecule has 2 heterocycles. The highest BCUT2D eigenvalue weighted by molar-refractivity contribution is 9.11. The van der Waals surface area contributed by atoms with Crippen LogP contribution >= 0.6 is 15.9 Å². The van der Waals surface area contributed by atoms with Gasteiger partial charge in [-0.3, -0.25) is 14.3 Å². The zero-order chi connectivity index (χ0) is 18.4. The first-order valence-corrected chi connectivity index (χ1v) is 9.10. The lowest BCUT2D eigenvalue weighted by atomic mass is 10.2. The Morgan fingerprint density at radius 1 is 1.48 bits per heavy atom. The summed E-state index contributed by atoms with van der Waals surface area (Å²) in [5.74, 6) is 0. The van der Waals surface area contributed by atoms with E-state index in [0.717, 1.165) is 0 Å². The number of hydrogen-bond acceptors (Lipinski definition) is 6. The average molecular weight is 419 g/mol. The molecule has 0 spiro atoms.